The summed E-state index contributed by atoms with van der Waals surface area (Å²) >= 11 is 0. The third-order valence-corrected chi connectivity index (χ3v) is 18.1. The zero-order chi connectivity index (χ0) is 47.1. The minimum atomic E-state index is -1.77. The van der Waals surface area contributed by atoms with Crippen molar-refractivity contribution in [3.8, 4) is 0 Å². The smallest absolute Gasteiger partial charge is 0.187 e. The molecule has 0 bridgehead atoms. The van der Waals surface area contributed by atoms with Crippen LogP contribution in [0, 0.1) is 52.3 Å². The minimum absolute atomic E-state index is 0.0750. The second-order valence-electron chi connectivity index (χ2n) is 21.5. The zero-order valence-electron chi connectivity index (χ0n) is 37.8. The van der Waals surface area contributed by atoms with E-state index in [1.807, 2.05) is 13.8 Å². The van der Waals surface area contributed by atoms with E-state index in [2.05, 4.69) is 13.8 Å². The largest absolute Gasteiger partial charge is 0.394 e. The SMILES string of the molecule is CC(CCC1(O)OC2C[C@H]3[C@@H]4CCC5C[C@@H](O[C@@H]6O[C@H](CO)[C@H](O)[C@H](O)[C@H]6O[C@@H]6O[C@H](CO)[C@@H](O)[C@H](O)[C@H]6O)CC[C@]5(C)[C@H]4C[C@@H](O)[C@]3(C)[C@H]2[C@@H]1C)CO[C@@H]1O[C@H](CO)[C@@H](O)[C@H](O)[C@H]1O. The molecule has 0 amide bonds. The highest BCUT2D eigenvalue weighted by Gasteiger charge is 2.71. The van der Waals surface area contributed by atoms with Crippen LogP contribution in [0.5, 0.6) is 0 Å². The molecule has 8 rings (SSSR count). The van der Waals surface area contributed by atoms with Crippen LogP contribution in [0.25, 0.3) is 0 Å². The molecule has 4 saturated heterocycles. The maximum atomic E-state index is 12.3. The second-order valence-corrected chi connectivity index (χ2v) is 21.5. The molecule has 28 atom stereocenters. The summed E-state index contributed by atoms with van der Waals surface area (Å²) in [4.78, 5) is 0. The van der Waals surface area contributed by atoms with Gasteiger partial charge in [-0.1, -0.05) is 27.7 Å². The number of hydrogen-bond acceptors (Lipinski definition) is 20. The van der Waals surface area contributed by atoms with E-state index in [0.29, 0.717) is 38.0 Å². The van der Waals surface area contributed by atoms with Gasteiger partial charge >= 0.3 is 0 Å². The van der Waals surface area contributed by atoms with Crippen molar-refractivity contribution in [3.05, 3.63) is 0 Å². The van der Waals surface area contributed by atoms with Gasteiger partial charge in [-0.2, -0.15) is 0 Å². The summed E-state index contributed by atoms with van der Waals surface area (Å²) < 4.78 is 41.8. The van der Waals surface area contributed by atoms with Crippen molar-refractivity contribution in [2.75, 3.05) is 26.4 Å². The lowest BCUT2D eigenvalue weighted by Crippen LogP contribution is -2.65. The van der Waals surface area contributed by atoms with Crippen molar-refractivity contribution < 1.29 is 99.5 Å². The van der Waals surface area contributed by atoms with Crippen LogP contribution in [-0.2, 0) is 33.2 Å². The van der Waals surface area contributed by atoms with Gasteiger partial charge in [0.2, 0.25) is 0 Å². The summed E-state index contributed by atoms with van der Waals surface area (Å²) in [7, 11) is 0. The summed E-state index contributed by atoms with van der Waals surface area (Å²) in [5, 5.41) is 137. The van der Waals surface area contributed by atoms with Gasteiger partial charge in [0.05, 0.1) is 44.7 Å². The molecule has 4 aliphatic carbocycles. The van der Waals surface area contributed by atoms with Gasteiger partial charge in [-0.15, -0.1) is 0 Å². The Morgan fingerprint density at radius 1 is 0.646 bits per heavy atom. The van der Waals surface area contributed by atoms with Gasteiger partial charge in [-0.05, 0) is 86.4 Å². The summed E-state index contributed by atoms with van der Waals surface area (Å²) in [6.45, 7) is 6.70. The fourth-order valence-electron chi connectivity index (χ4n) is 14.1. The molecule has 20 nitrogen and oxygen atoms in total. The Kier molecular flexibility index (Phi) is 15.1. The summed E-state index contributed by atoms with van der Waals surface area (Å²) in [6, 6.07) is 0. The highest BCUT2D eigenvalue weighted by Crippen LogP contribution is 2.71. The maximum absolute atomic E-state index is 12.3. The molecular formula is C45H76O20. The number of rotatable bonds is 13. The van der Waals surface area contributed by atoms with Crippen LogP contribution >= 0.6 is 0 Å². The zero-order valence-corrected chi connectivity index (χ0v) is 37.8. The average Bonchev–Trinajstić information content (AvgIpc) is 3.73. The molecule has 376 valence electrons. The Morgan fingerprint density at radius 2 is 1.23 bits per heavy atom. The third kappa shape index (κ3) is 8.78. The average molecular weight is 937 g/mol. The first-order valence-electron chi connectivity index (χ1n) is 24.0. The van der Waals surface area contributed by atoms with E-state index >= 15 is 0 Å². The lowest BCUT2D eigenvalue weighted by Gasteiger charge is -2.62. The Hall–Kier alpha value is -0.800. The molecule has 0 spiro atoms. The fourth-order valence-corrected chi connectivity index (χ4v) is 14.1. The molecule has 0 aromatic rings. The van der Waals surface area contributed by atoms with Crippen LogP contribution < -0.4 is 0 Å². The molecule has 4 unspecified atom stereocenters. The van der Waals surface area contributed by atoms with Crippen LogP contribution in [-0.4, -0.2) is 209 Å². The standard InChI is InChI=1S/C45H76O20/c1-18(17-59-40-37(56)34(53)31(50)26(14-46)61-40)7-10-45(58)19(2)30-25(65-45)12-24-22-6-5-20-11-21(8-9-43(20,3)23(22)13-29(49)44(24,30)4)60-42-39(36(55)33(52)28(16-48)63-42)64-41-38(57)35(54)32(51)27(15-47)62-41/h18-42,46-58H,5-17H2,1-4H3/t18?,19-,20?,21-,22+,23-,24-,25?,26+,27+,28+,29+,30-,31+,32+,33-,34-,35-,36-,37+,38+,39+,40+,41-,42+,43-,44+,45?/m0/s1. The van der Waals surface area contributed by atoms with Crippen molar-refractivity contribution in [2.24, 2.45) is 52.3 Å². The first-order chi connectivity index (χ1) is 30.7. The van der Waals surface area contributed by atoms with Crippen LogP contribution in [0.3, 0.4) is 0 Å². The van der Waals surface area contributed by atoms with Gasteiger partial charge in [0.25, 0.3) is 0 Å². The summed E-state index contributed by atoms with van der Waals surface area (Å²) in [5.41, 5.74) is -0.618. The number of hydrogen-bond donors (Lipinski definition) is 13. The highest BCUT2D eigenvalue weighted by molar-refractivity contribution is 5.17. The Labute approximate surface area is 379 Å². The van der Waals surface area contributed by atoms with Crippen molar-refractivity contribution in [2.45, 2.75) is 202 Å². The van der Waals surface area contributed by atoms with Crippen molar-refractivity contribution in [3.63, 3.8) is 0 Å². The van der Waals surface area contributed by atoms with E-state index in [0.717, 1.165) is 25.7 Å². The predicted octanol–water partition coefficient (Wildman–Crippen LogP) is -2.81. The molecule has 0 aromatic heterocycles. The van der Waals surface area contributed by atoms with Gasteiger partial charge in [0, 0.05) is 23.7 Å². The first-order valence-corrected chi connectivity index (χ1v) is 24.0. The van der Waals surface area contributed by atoms with E-state index in [1.54, 1.807) is 0 Å². The highest BCUT2D eigenvalue weighted by atomic mass is 16.8. The van der Waals surface area contributed by atoms with E-state index in [1.165, 1.54) is 0 Å². The molecule has 4 aliphatic heterocycles. The Bertz CT molecular complexity index is 1600. The maximum Gasteiger partial charge on any atom is 0.187 e. The normalized spacial score (nSPS) is 56.1. The van der Waals surface area contributed by atoms with Crippen LogP contribution in [0.2, 0.25) is 0 Å². The molecule has 13 N–H and O–H groups in total. The number of aliphatic hydroxyl groups excluding tert-OH is 12. The lowest BCUT2D eigenvalue weighted by atomic mass is 9.43. The minimum Gasteiger partial charge on any atom is -0.394 e. The quantitative estimate of drug-likeness (QED) is 0.0829. The fraction of sp³-hybridized carbons (Fsp3) is 1.00. The van der Waals surface area contributed by atoms with Crippen molar-refractivity contribution in [1.82, 2.24) is 0 Å². The molecule has 20 heteroatoms. The van der Waals surface area contributed by atoms with Crippen molar-refractivity contribution in [1.29, 1.82) is 0 Å². The second kappa shape index (κ2) is 19.4. The first kappa shape index (κ1) is 50.6. The summed E-state index contributed by atoms with van der Waals surface area (Å²) in [5.74, 6) is -0.943. The predicted molar refractivity (Wildman–Crippen MR) is 220 cm³/mol. The molecule has 8 aliphatic rings. The molecule has 4 saturated carbocycles. The van der Waals surface area contributed by atoms with Crippen LogP contribution in [0.4, 0.5) is 0 Å². The molecule has 65 heavy (non-hydrogen) atoms. The van der Waals surface area contributed by atoms with Gasteiger partial charge in [0.1, 0.15) is 73.2 Å². The van der Waals surface area contributed by atoms with Gasteiger partial charge in [0.15, 0.2) is 24.7 Å². The molecular weight excluding hydrogens is 860 g/mol. The van der Waals surface area contributed by atoms with Gasteiger partial charge < -0.3 is 99.5 Å². The Morgan fingerprint density at radius 3 is 1.86 bits per heavy atom. The third-order valence-electron chi connectivity index (χ3n) is 18.1. The lowest BCUT2D eigenvalue weighted by molar-refractivity contribution is -0.373. The van der Waals surface area contributed by atoms with Crippen LogP contribution in [0.1, 0.15) is 85.5 Å². The van der Waals surface area contributed by atoms with E-state index in [-0.39, 0.29) is 59.7 Å². The summed E-state index contributed by atoms with van der Waals surface area (Å²) in [6.07, 6.45) is -17.3. The van der Waals surface area contributed by atoms with Crippen molar-refractivity contribution >= 4 is 0 Å². The Balaban J connectivity index is 0.886. The molecule has 0 aromatic carbocycles. The van der Waals surface area contributed by atoms with Crippen LogP contribution in [0.15, 0.2) is 0 Å². The molecule has 8 fully saturated rings. The van der Waals surface area contributed by atoms with E-state index in [4.69, 9.17) is 33.2 Å². The van der Waals surface area contributed by atoms with E-state index < -0.39 is 129 Å². The van der Waals surface area contributed by atoms with E-state index in [9.17, 15) is 66.4 Å². The number of ether oxygens (including phenoxy) is 7. The monoisotopic (exact) mass is 936 g/mol. The van der Waals surface area contributed by atoms with Gasteiger partial charge in [-0.3, -0.25) is 0 Å². The van der Waals surface area contributed by atoms with Gasteiger partial charge in [-0.25, -0.2) is 0 Å². The molecule has 0 radical (unpaired) electrons. The molecule has 4 heterocycles. The number of fused-ring (bicyclic) bond motifs is 7. The topological polar surface area (TPSA) is 328 Å². The number of aliphatic hydroxyl groups is 13.